The van der Waals surface area contributed by atoms with E-state index in [-0.39, 0.29) is 12.1 Å². The van der Waals surface area contributed by atoms with Gasteiger partial charge in [-0.2, -0.15) is 0 Å². The number of carbonyl (C=O) groups excluding carboxylic acids is 1. The Bertz CT molecular complexity index is 364. The largest absolute Gasteiger partial charge is 0.444 e. The number of nitrogens with zero attached hydrogens (tertiary/aromatic N) is 1. The van der Waals surface area contributed by atoms with E-state index in [9.17, 15) is 4.79 Å². The van der Waals surface area contributed by atoms with Gasteiger partial charge in [0.05, 0.1) is 0 Å². The van der Waals surface area contributed by atoms with Crippen molar-refractivity contribution >= 4 is 6.09 Å². The van der Waals surface area contributed by atoms with Gasteiger partial charge in [-0.1, -0.05) is 19.8 Å². The molecule has 0 radical (unpaired) electrons. The molecule has 4 unspecified atom stereocenters. The lowest BCUT2D eigenvalue weighted by Crippen LogP contribution is -2.42. The van der Waals surface area contributed by atoms with Crippen molar-refractivity contribution in [3.05, 3.63) is 0 Å². The van der Waals surface area contributed by atoms with Crippen LogP contribution in [0.15, 0.2) is 0 Å². The van der Waals surface area contributed by atoms with Crippen LogP contribution in [0.25, 0.3) is 0 Å². The number of hydrogen-bond acceptors (Lipinski definition) is 3. The van der Waals surface area contributed by atoms with E-state index in [0.29, 0.717) is 11.8 Å². The highest BCUT2D eigenvalue weighted by molar-refractivity contribution is 5.68. The second-order valence-electron chi connectivity index (χ2n) is 8.08. The molecular weight excluding hydrogens is 264 g/mol. The minimum Gasteiger partial charge on any atom is -0.444 e. The Balaban J connectivity index is 1.85. The molecule has 122 valence electrons. The van der Waals surface area contributed by atoms with E-state index < -0.39 is 5.60 Å². The highest BCUT2D eigenvalue weighted by Gasteiger charge is 2.36. The zero-order valence-electron chi connectivity index (χ0n) is 14.1. The fraction of sp³-hybridized carbons (Fsp3) is 0.941. The van der Waals surface area contributed by atoms with E-state index in [1.54, 1.807) is 0 Å². The Morgan fingerprint density at radius 3 is 2.57 bits per heavy atom. The van der Waals surface area contributed by atoms with Gasteiger partial charge >= 0.3 is 6.09 Å². The maximum absolute atomic E-state index is 12.1. The second kappa shape index (κ2) is 6.55. The van der Waals surface area contributed by atoms with Crippen LogP contribution in [0, 0.1) is 17.8 Å². The van der Waals surface area contributed by atoms with Crippen molar-refractivity contribution in [2.75, 3.05) is 13.1 Å². The van der Waals surface area contributed by atoms with E-state index in [1.807, 2.05) is 25.7 Å². The standard InChI is InChI=1S/C17H32N2O2/c1-12-6-5-7-13(10-12)15(18)14-8-9-19(11-14)16(20)21-17(2,3)4/h12-15H,5-11,18H2,1-4H3. The number of amides is 1. The Morgan fingerprint density at radius 1 is 1.24 bits per heavy atom. The number of ether oxygens (including phenoxy) is 1. The van der Waals surface area contributed by atoms with Crippen molar-refractivity contribution in [2.24, 2.45) is 23.5 Å². The van der Waals surface area contributed by atoms with E-state index in [2.05, 4.69) is 6.92 Å². The predicted molar refractivity (Wildman–Crippen MR) is 85.0 cm³/mol. The topological polar surface area (TPSA) is 55.6 Å². The number of likely N-dealkylation sites (tertiary alicyclic amines) is 1. The van der Waals surface area contributed by atoms with E-state index in [1.165, 1.54) is 25.7 Å². The average molecular weight is 296 g/mol. The highest BCUT2D eigenvalue weighted by atomic mass is 16.6. The molecule has 0 bridgehead atoms. The maximum atomic E-state index is 12.1. The molecule has 4 nitrogen and oxygen atoms in total. The van der Waals surface area contributed by atoms with E-state index >= 15 is 0 Å². The van der Waals surface area contributed by atoms with Gasteiger partial charge in [-0.05, 0) is 57.8 Å². The van der Waals surface area contributed by atoms with Crippen molar-refractivity contribution in [3.8, 4) is 0 Å². The summed E-state index contributed by atoms with van der Waals surface area (Å²) in [5.41, 5.74) is 6.11. The van der Waals surface area contributed by atoms with Crippen LogP contribution in [0.1, 0.15) is 59.8 Å². The van der Waals surface area contributed by atoms with Crippen molar-refractivity contribution in [1.82, 2.24) is 4.90 Å². The summed E-state index contributed by atoms with van der Waals surface area (Å²) in [7, 11) is 0. The molecule has 4 atom stereocenters. The van der Waals surface area contributed by atoms with Gasteiger partial charge in [0.15, 0.2) is 0 Å². The third kappa shape index (κ3) is 4.60. The summed E-state index contributed by atoms with van der Waals surface area (Å²) < 4.78 is 5.46. The predicted octanol–water partition coefficient (Wildman–Crippen LogP) is 3.40. The first kappa shape index (κ1) is 16.6. The number of hydrogen-bond donors (Lipinski definition) is 1. The fourth-order valence-corrected chi connectivity index (χ4v) is 3.81. The summed E-state index contributed by atoms with van der Waals surface area (Å²) in [4.78, 5) is 14.0. The Morgan fingerprint density at radius 2 is 1.95 bits per heavy atom. The van der Waals surface area contributed by atoms with Gasteiger partial charge in [0.1, 0.15) is 5.60 Å². The number of nitrogens with two attached hydrogens (primary N) is 1. The molecule has 4 heteroatoms. The summed E-state index contributed by atoms with van der Waals surface area (Å²) in [6, 6.07) is 0.236. The van der Waals surface area contributed by atoms with E-state index in [0.717, 1.165) is 25.4 Å². The first-order chi connectivity index (χ1) is 9.76. The smallest absolute Gasteiger partial charge is 0.410 e. The molecule has 1 saturated carbocycles. The molecule has 0 aromatic rings. The third-order valence-corrected chi connectivity index (χ3v) is 4.94. The van der Waals surface area contributed by atoms with Crippen LogP contribution < -0.4 is 5.73 Å². The maximum Gasteiger partial charge on any atom is 0.410 e. The third-order valence-electron chi connectivity index (χ3n) is 4.94. The number of carbonyl (C=O) groups is 1. The Labute approximate surface area is 129 Å². The summed E-state index contributed by atoms with van der Waals surface area (Å²) in [6.45, 7) is 9.62. The summed E-state index contributed by atoms with van der Waals surface area (Å²) >= 11 is 0. The SMILES string of the molecule is CC1CCCC(C(N)C2CCN(C(=O)OC(C)(C)C)C2)C1. The molecule has 1 heterocycles. The minimum absolute atomic E-state index is 0.186. The molecule has 2 rings (SSSR count). The lowest BCUT2D eigenvalue weighted by atomic mass is 9.75. The molecule has 0 aromatic heterocycles. The zero-order valence-corrected chi connectivity index (χ0v) is 14.1. The van der Waals surface area contributed by atoms with Crippen LogP contribution in [-0.2, 0) is 4.74 Å². The monoisotopic (exact) mass is 296 g/mol. The highest BCUT2D eigenvalue weighted by Crippen LogP contribution is 2.34. The van der Waals surface area contributed by atoms with Gasteiger partial charge in [-0.25, -0.2) is 4.79 Å². The molecule has 1 aliphatic carbocycles. The Kier molecular flexibility index (Phi) is 5.18. The van der Waals surface area contributed by atoms with Crippen LogP contribution in [0.4, 0.5) is 4.79 Å². The normalized spacial score (nSPS) is 32.0. The van der Waals surface area contributed by atoms with Crippen molar-refractivity contribution in [3.63, 3.8) is 0 Å². The average Bonchev–Trinajstić information content (AvgIpc) is 2.85. The molecular formula is C17H32N2O2. The molecule has 1 amide bonds. The lowest BCUT2D eigenvalue weighted by molar-refractivity contribution is 0.0283. The van der Waals surface area contributed by atoms with Gasteiger partial charge in [0.25, 0.3) is 0 Å². The number of rotatable bonds is 2. The van der Waals surface area contributed by atoms with Gasteiger partial charge in [0.2, 0.25) is 0 Å². The van der Waals surface area contributed by atoms with Crippen molar-refractivity contribution in [2.45, 2.75) is 71.4 Å². The quantitative estimate of drug-likeness (QED) is 0.849. The molecule has 2 fully saturated rings. The van der Waals surface area contributed by atoms with Gasteiger partial charge in [-0.15, -0.1) is 0 Å². The molecule has 2 aliphatic rings. The van der Waals surface area contributed by atoms with Crippen LogP contribution >= 0.6 is 0 Å². The first-order valence-electron chi connectivity index (χ1n) is 8.50. The first-order valence-corrected chi connectivity index (χ1v) is 8.50. The molecule has 21 heavy (non-hydrogen) atoms. The molecule has 0 spiro atoms. The van der Waals surface area contributed by atoms with Crippen LogP contribution in [0.5, 0.6) is 0 Å². The van der Waals surface area contributed by atoms with E-state index in [4.69, 9.17) is 10.5 Å². The van der Waals surface area contributed by atoms with Crippen LogP contribution in [-0.4, -0.2) is 35.7 Å². The molecule has 1 aliphatic heterocycles. The summed E-state index contributed by atoms with van der Waals surface area (Å²) in [5, 5.41) is 0. The second-order valence-corrected chi connectivity index (χ2v) is 8.08. The minimum atomic E-state index is -0.421. The van der Waals surface area contributed by atoms with Gasteiger partial charge in [-0.3, -0.25) is 0 Å². The van der Waals surface area contributed by atoms with Crippen molar-refractivity contribution < 1.29 is 9.53 Å². The van der Waals surface area contributed by atoms with Crippen LogP contribution in [0.2, 0.25) is 0 Å². The zero-order chi connectivity index (χ0) is 15.6. The van der Waals surface area contributed by atoms with Gasteiger partial charge < -0.3 is 15.4 Å². The molecule has 1 saturated heterocycles. The fourth-order valence-electron chi connectivity index (χ4n) is 3.81. The van der Waals surface area contributed by atoms with Crippen LogP contribution in [0.3, 0.4) is 0 Å². The summed E-state index contributed by atoms with van der Waals surface area (Å²) in [5.74, 6) is 1.88. The van der Waals surface area contributed by atoms with Gasteiger partial charge in [0, 0.05) is 19.1 Å². The molecule has 0 aromatic carbocycles. The Hall–Kier alpha value is -0.770. The lowest BCUT2D eigenvalue weighted by Gasteiger charge is -2.34. The van der Waals surface area contributed by atoms with Crippen molar-refractivity contribution in [1.29, 1.82) is 0 Å². The summed E-state index contributed by atoms with van der Waals surface area (Å²) in [6.07, 6.45) is 6.00. The molecule has 2 N–H and O–H groups in total.